The van der Waals surface area contributed by atoms with Crippen LogP contribution in [-0.4, -0.2) is 42.8 Å². The molecule has 126 valence electrons. The summed E-state index contributed by atoms with van der Waals surface area (Å²) in [6.45, 7) is -0.119. The molecule has 0 aliphatic heterocycles. The molecule has 9 heteroatoms. The molecule has 0 amide bonds. The van der Waals surface area contributed by atoms with E-state index in [1.54, 1.807) is 49.1 Å². The van der Waals surface area contributed by atoms with Crippen molar-refractivity contribution in [2.75, 3.05) is 11.9 Å². The number of aromatic nitrogens is 4. The van der Waals surface area contributed by atoms with E-state index in [1.165, 1.54) is 21.8 Å². The first-order valence-corrected chi connectivity index (χ1v) is 7.06. The maximum Gasteiger partial charge on any atom is 0.338 e. The summed E-state index contributed by atoms with van der Waals surface area (Å²) in [5.74, 6) is -0.913. The molecule has 3 rings (SSSR count). The van der Waals surface area contributed by atoms with E-state index in [0.29, 0.717) is 11.3 Å². The van der Waals surface area contributed by atoms with E-state index in [4.69, 9.17) is 10.4 Å². The van der Waals surface area contributed by atoms with Gasteiger partial charge in [-0.3, -0.25) is 13.9 Å². The molecule has 0 aliphatic rings. The van der Waals surface area contributed by atoms with Gasteiger partial charge in [-0.2, -0.15) is 5.26 Å². The normalized spacial score (nSPS) is 9.40. The molecule has 0 saturated heterocycles. The van der Waals surface area contributed by atoms with E-state index < -0.39 is 5.97 Å². The van der Waals surface area contributed by atoms with Crippen molar-refractivity contribution >= 4 is 17.7 Å². The van der Waals surface area contributed by atoms with Crippen LogP contribution in [-0.2, 0) is 4.79 Å². The highest BCUT2D eigenvalue weighted by Crippen LogP contribution is 2.07. The van der Waals surface area contributed by atoms with Crippen molar-refractivity contribution in [1.29, 1.82) is 5.26 Å². The number of rotatable bonds is 3. The summed E-state index contributed by atoms with van der Waals surface area (Å²) in [5, 5.41) is 19.5. The molecule has 0 radical (unpaired) electrons. The van der Waals surface area contributed by atoms with Crippen LogP contribution in [0.2, 0.25) is 0 Å². The number of nitrogens with one attached hydrogen (secondary N) is 1. The zero-order valence-electron chi connectivity index (χ0n) is 13.0. The van der Waals surface area contributed by atoms with Crippen molar-refractivity contribution in [3.63, 3.8) is 0 Å². The van der Waals surface area contributed by atoms with E-state index in [1.807, 2.05) is 6.07 Å². The number of carboxylic acid groups (broad SMARTS) is 1. The van der Waals surface area contributed by atoms with Crippen molar-refractivity contribution in [1.82, 2.24) is 19.1 Å². The summed E-state index contributed by atoms with van der Waals surface area (Å²) in [6.07, 6.45) is 9.17. The second kappa shape index (κ2) is 8.64. The molecule has 0 bridgehead atoms. The quantitative estimate of drug-likeness (QED) is 0.743. The SMILES string of the molecule is N#Cc1ccc(NCC(=O)O)cc1.O=C(n1ccnc1)n1ccnc1. The van der Waals surface area contributed by atoms with Gasteiger partial charge in [0.15, 0.2) is 0 Å². The fourth-order valence-corrected chi connectivity index (χ4v) is 1.72. The van der Waals surface area contributed by atoms with E-state index in [0.717, 1.165) is 0 Å². The first-order valence-electron chi connectivity index (χ1n) is 7.06. The number of hydrogen-bond donors (Lipinski definition) is 2. The number of benzene rings is 1. The Labute approximate surface area is 142 Å². The van der Waals surface area contributed by atoms with Gasteiger partial charge in [-0.25, -0.2) is 14.8 Å². The first kappa shape index (κ1) is 17.4. The largest absolute Gasteiger partial charge is 0.480 e. The number of aliphatic carboxylic acids is 1. The molecular weight excluding hydrogens is 324 g/mol. The third-order valence-electron chi connectivity index (χ3n) is 2.91. The highest BCUT2D eigenvalue weighted by atomic mass is 16.4. The summed E-state index contributed by atoms with van der Waals surface area (Å²) in [5.41, 5.74) is 1.25. The lowest BCUT2D eigenvalue weighted by Gasteiger charge is -2.01. The molecule has 0 aliphatic carbocycles. The summed E-state index contributed by atoms with van der Waals surface area (Å²) >= 11 is 0. The molecule has 9 nitrogen and oxygen atoms in total. The first-order chi connectivity index (χ1) is 12.1. The molecular formula is C16H14N6O3. The maximum absolute atomic E-state index is 11.4. The van der Waals surface area contributed by atoms with Gasteiger partial charge in [0.2, 0.25) is 0 Å². The lowest BCUT2D eigenvalue weighted by Crippen LogP contribution is -2.15. The third kappa shape index (κ3) is 5.33. The molecule has 0 fully saturated rings. The number of nitrogens with zero attached hydrogens (tertiary/aromatic N) is 5. The highest BCUT2D eigenvalue weighted by molar-refractivity contribution is 5.78. The van der Waals surface area contributed by atoms with E-state index in [2.05, 4.69) is 15.3 Å². The Morgan fingerprint density at radius 2 is 1.64 bits per heavy atom. The van der Waals surface area contributed by atoms with Crippen molar-refractivity contribution in [3.8, 4) is 6.07 Å². The van der Waals surface area contributed by atoms with Gasteiger partial charge in [-0.1, -0.05) is 0 Å². The molecule has 2 heterocycles. The monoisotopic (exact) mass is 338 g/mol. The van der Waals surface area contributed by atoms with E-state index in [-0.39, 0.29) is 12.6 Å². The summed E-state index contributed by atoms with van der Waals surface area (Å²) in [4.78, 5) is 29.1. The minimum absolute atomic E-state index is 0.119. The van der Waals surface area contributed by atoms with Gasteiger partial charge in [0.05, 0.1) is 11.6 Å². The van der Waals surface area contributed by atoms with Gasteiger partial charge in [0, 0.05) is 30.5 Å². The molecule has 2 N–H and O–H groups in total. The molecule has 25 heavy (non-hydrogen) atoms. The predicted molar refractivity (Wildman–Crippen MR) is 87.9 cm³/mol. The van der Waals surface area contributed by atoms with Crippen molar-refractivity contribution in [3.05, 3.63) is 67.3 Å². The number of carbonyl (C=O) groups is 2. The Morgan fingerprint density at radius 3 is 2.04 bits per heavy atom. The van der Waals surface area contributed by atoms with Crippen molar-refractivity contribution < 1.29 is 14.7 Å². The van der Waals surface area contributed by atoms with Crippen LogP contribution >= 0.6 is 0 Å². The van der Waals surface area contributed by atoms with Gasteiger partial charge in [0.25, 0.3) is 0 Å². The minimum atomic E-state index is -0.913. The highest BCUT2D eigenvalue weighted by Gasteiger charge is 2.03. The standard InChI is InChI=1S/C9H8N2O2.C7H6N4O/c10-5-7-1-3-8(4-2-7)11-6-9(12)13;12-7(10-3-1-8-5-10)11-4-2-9-6-11/h1-4,11H,6H2,(H,12,13);1-6H. The lowest BCUT2D eigenvalue weighted by molar-refractivity contribution is -0.134. The minimum Gasteiger partial charge on any atom is -0.480 e. The van der Waals surface area contributed by atoms with Crippen molar-refractivity contribution in [2.45, 2.75) is 0 Å². The number of carboxylic acids is 1. The Hall–Kier alpha value is -3.93. The summed E-state index contributed by atoms with van der Waals surface area (Å²) < 4.78 is 2.75. The average molecular weight is 338 g/mol. The topological polar surface area (TPSA) is 126 Å². The van der Waals surface area contributed by atoms with Crippen LogP contribution in [0.5, 0.6) is 0 Å². The lowest BCUT2D eigenvalue weighted by atomic mass is 10.2. The van der Waals surface area contributed by atoms with Crippen LogP contribution in [0.3, 0.4) is 0 Å². The van der Waals surface area contributed by atoms with Crippen molar-refractivity contribution in [2.24, 2.45) is 0 Å². The van der Waals surface area contributed by atoms with Crippen LogP contribution in [0.1, 0.15) is 5.56 Å². The number of carbonyl (C=O) groups excluding carboxylic acids is 1. The van der Waals surface area contributed by atoms with Gasteiger partial charge in [-0.15, -0.1) is 0 Å². The van der Waals surface area contributed by atoms with Gasteiger partial charge < -0.3 is 10.4 Å². The fourth-order valence-electron chi connectivity index (χ4n) is 1.72. The summed E-state index contributed by atoms with van der Waals surface area (Å²) in [7, 11) is 0. The second-order valence-electron chi connectivity index (χ2n) is 4.66. The summed E-state index contributed by atoms with van der Waals surface area (Å²) in [6, 6.07) is 8.38. The Balaban J connectivity index is 0.000000181. The van der Waals surface area contributed by atoms with Gasteiger partial charge in [-0.05, 0) is 24.3 Å². The van der Waals surface area contributed by atoms with E-state index >= 15 is 0 Å². The maximum atomic E-state index is 11.4. The van der Waals surface area contributed by atoms with Crippen LogP contribution in [0, 0.1) is 11.3 Å². The van der Waals surface area contributed by atoms with Crippen LogP contribution < -0.4 is 5.32 Å². The second-order valence-corrected chi connectivity index (χ2v) is 4.66. The molecule has 1 aromatic carbocycles. The molecule has 3 aromatic rings. The van der Waals surface area contributed by atoms with Crippen LogP contribution in [0.4, 0.5) is 10.5 Å². The fraction of sp³-hybridized carbons (Fsp3) is 0.0625. The molecule has 0 saturated carbocycles. The number of nitriles is 1. The average Bonchev–Trinajstić information content (AvgIpc) is 3.33. The zero-order chi connectivity index (χ0) is 18.1. The third-order valence-corrected chi connectivity index (χ3v) is 2.91. The zero-order valence-corrected chi connectivity index (χ0v) is 13.0. The molecule has 0 atom stereocenters. The molecule has 0 spiro atoms. The smallest absolute Gasteiger partial charge is 0.338 e. The molecule has 0 unspecified atom stereocenters. The van der Waals surface area contributed by atoms with E-state index in [9.17, 15) is 9.59 Å². The number of hydrogen-bond acceptors (Lipinski definition) is 6. The Bertz CT molecular complexity index is 812. The number of imidazole rings is 2. The van der Waals surface area contributed by atoms with Gasteiger partial charge in [0.1, 0.15) is 19.2 Å². The Kier molecular flexibility index (Phi) is 6.02. The predicted octanol–water partition coefficient (Wildman–Crippen LogP) is 1.65. The number of anilines is 1. The van der Waals surface area contributed by atoms with Crippen LogP contribution in [0.25, 0.3) is 0 Å². The van der Waals surface area contributed by atoms with Crippen LogP contribution in [0.15, 0.2) is 61.7 Å². The van der Waals surface area contributed by atoms with Gasteiger partial charge >= 0.3 is 12.0 Å². The molecule has 2 aromatic heterocycles. The Morgan fingerprint density at radius 1 is 1.08 bits per heavy atom.